The van der Waals surface area contributed by atoms with Crippen molar-refractivity contribution in [2.45, 2.75) is 38.5 Å². The maximum absolute atomic E-state index is 12.9. The molecule has 0 bridgehead atoms. The molecule has 0 atom stereocenters. The van der Waals surface area contributed by atoms with Crippen LogP contribution < -0.4 is 5.32 Å². The maximum Gasteiger partial charge on any atom is 0.321 e. The van der Waals surface area contributed by atoms with Crippen LogP contribution >= 0.6 is 0 Å². The number of anilines is 1. The van der Waals surface area contributed by atoms with Crippen molar-refractivity contribution in [3.63, 3.8) is 0 Å². The number of para-hydroxylation sites is 1. The number of rotatable bonds is 4. The zero-order valence-corrected chi connectivity index (χ0v) is 17.4. The third-order valence-corrected chi connectivity index (χ3v) is 7.06. The number of carbonyl (C=O) groups is 1. The second kappa shape index (κ2) is 7.92. The summed E-state index contributed by atoms with van der Waals surface area (Å²) in [6.07, 6.45) is 0. The number of hydrogen-bond donors (Lipinski definition) is 1. The van der Waals surface area contributed by atoms with Crippen LogP contribution in [0.25, 0.3) is 0 Å². The van der Waals surface area contributed by atoms with Crippen molar-refractivity contribution in [1.29, 1.82) is 0 Å². The summed E-state index contributed by atoms with van der Waals surface area (Å²) in [5.74, 6) is 0.566. The molecule has 2 aromatic rings. The number of piperazine rings is 1. The SMILES string of the molecule is Cc1noc(C)c1S(=O)(=O)N1CCN(C(=O)Nc2ccccc2C(C)C)CC1. The van der Waals surface area contributed by atoms with E-state index in [0.29, 0.717) is 18.8 Å². The van der Waals surface area contributed by atoms with E-state index in [1.165, 1.54) is 4.31 Å². The summed E-state index contributed by atoms with van der Waals surface area (Å²) in [5.41, 5.74) is 2.20. The van der Waals surface area contributed by atoms with Gasteiger partial charge in [-0.15, -0.1) is 0 Å². The Kier molecular flexibility index (Phi) is 5.76. The summed E-state index contributed by atoms with van der Waals surface area (Å²) in [6, 6.07) is 7.49. The molecule has 28 heavy (non-hydrogen) atoms. The fraction of sp³-hybridized carbons (Fsp3) is 0.474. The van der Waals surface area contributed by atoms with Gasteiger partial charge < -0.3 is 14.7 Å². The maximum atomic E-state index is 12.9. The standard InChI is InChI=1S/C19H26N4O4S/c1-13(2)16-7-5-6-8-17(16)20-19(24)22-9-11-23(12-10-22)28(25,26)18-14(3)21-27-15(18)4/h5-8,13H,9-12H2,1-4H3,(H,20,24). The Morgan fingerprint density at radius 1 is 1.14 bits per heavy atom. The number of nitrogens with one attached hydrogen (secondary N) is 1. The lowest BCUT2D eigenvalue weighted by Gasteiger charge is -2.34. The lowest BCUT2D eigenvalue weighted by molar-refractivity contribution is 0.184. The molecule has 1 fully saturated rings. The summed E-state index contributed by atoms with van der Waals surface area (Å²) in [6.45, 7) is 8.43. The molecule has 1 N–H and O–H groups in total. The van der Waals surface area contributed by atoms with Crippen LogP contribution in [0.2, 0.25) is 0 Å². The van der Waals surface area contributed by atoms with E-state index in [1.54, 1.807) is 18.7 Å². The predicted molar refractivity (Wildman–Crippen MR) is 106 cm³/mol. The van der Waals surface area contributed by atoms with Crippen molar-refractivity contribution in [3.05, 3.63) is 41.3 Å². The van der Waals surface area contributed by atoms with Crippen molar-refractivity contribution in [3.8, 4) is 0 Å². The average Bonchev–Trinajstić information content (AvgIpc) is 3.01. The topological polar surface area (TPSA) is 95.8 Å². The van der Waals surface area contributed by atoms with Gasteiger partial charge >= 0.3 is 6.03 Å². The van der Waals surface area contributed by atoms with Gasteiger partial charge in [0.15, 0.2) is 5.76 Å². The van der Waals surface area contributed by atoms with Gasteiger partial charge in [-0.25, -0.2) is 13.2 Å². The van der Waals surface area contributed by atoms with E-state index < -0.39 is 10.0 Å². The molecule has 1 saturated heterocycles. The van der Waals surface area contributed by atoms with Crippen LogP contribution in [0.15, 0.2) is 33.7 Å². The van der Waals surface area contributed by atoms with Gasteiger partial charge in [-0.05, 0) is 31.4 Å². The second-order valence-electron chi connectivity index (χ2n) is 7.22. The Morgan fingerprint density at radius 2 is 1.79 bits per heavy atom. The minimum atomic E-state index is -3.69. The first-order valence-corrected chi connectivity index (χ1v) is 10.7. The van der Waals surface area contributed by atoms with Crippen LogP contribution in [0.1, 0.15) is 36.8 Å². The Morgan fingerprint density at radius 3 is 2.36 bits per heavy atom. The van der Waals surface area contributed by atoms with Gasteiger partial charge in [0, 0.05) is 31.9 Å². The number of amides is 2. The van der Waals surface area contributed by atoms with Crippen LogP contribution in [0, 0.1) is 13.8 Å². The highest BCUT2D eigenvalue weighted by molar-refractivity contribution is 7.89. The third kappa shape index (κ3) is 3.90. The Hall–Kier alpha value is -2.39. The van der Waals surface area contributed by atoms with Gasteiger partial charge in [0.25, 0.3) is 0 Å². The molecule has 2 heterocycles. The third-order valence-electron chi connectivity index (χ3n) is 4.92. The van der Waals surface area contributed by atoms with Gasteiger partial charge in [-0.3, -0.25) is 0 Å². The first-order chi connectivity index (χ1) is 13.2. The summed E-state index contributed by atoms with van der Waals surface area (Å²) < 4.78 is 32.1. The first kappa shape index (κ1) is 20.3. The van der Waals surface area contributed by atoms with E-state index in [4.69, 9.17) is 4.52 Å². The molecule has 0 saturated carbocycles. The van der Waals surface area contributed by atoms with Gasteiger partial charge in [-0.2, -0.15) is 4.31 Å². The number of aryl methyl sites for hydroxylation is 2. The minimum absolute atomic E-state index is 0.122. The van der Waals surface area contributed by atoms with E-state index >= 15 is 0 Å². The van der Waals surface area contributed by atoms with Crippen LogP contribution in [0.4, 0.5) is 10.5 Å². The molecule has 2 amide bonds. The molecule has 1 aromatic carbocycles. The molecular weight excluding hydrogens is 380 g/mol. The number of carbonyl (C=O) groups excluding carboxylic acids is 1. The van der Waals surface area contributed by atoms with Crippen molar-refractivity contribution in [1.82, 2.24) is 14.4 Å². The highest BCUT2D eigenvalue weighted by Gasteiger charge is 2.34. The van der Waals surface area contributed by atoms with E-state index in [-0.39, 0.29) is 35.7 Å². The van der Waals surface area contributed by atoms with Gasteiger partial charge in [0.05, 0.1) is 0 Å². The largest absolute Gasteiger partial charge is 0.360 e. The summed E-state index contributed by atoms with van der Waals surface area (Å²) >= 11 is 0. The molecule has 152 valence electrons. The molecule has 0 aliphatic carbocycles. The highest BCUT2D eigenvalue weighted by Crippen LogP contribution is 2.26. The number of urea groups is 1. The van der Waals surface area contributed by atoms with Crippen molar-refractivity contribution in [2.24, 2.45) is 0 Å². The average molecular weight is 407 g/mol. The smallest absolute Gasteiger partial charge is 0.321 e. The molecule has 9 heteroatoms. The quantitative estimate of drug-likeness (QED) is 0.842. The van der Waals surface area contributed by atoms with E-state index in [0.717, 1.165) is 11.3 Å². The number of aromatic nitrogens is 1. The number of benzene rings is 1. The van der Waals surface area contributed by atoms with E-state index in [9.17, 15) is 13.2 Å². The van der Waals surface area contributed by atoms with Crippen LogP contribution in [-0.4, -0.2) is 55.0 Å². The minimum Gasteiger partial charge on any atom is -0.360 e. The summed E-state index contributed by atoms with van der Waals surface area (Å²) in [4.78, 5) is 14.4. The molecule has 8 nitrogen and oxygen atoms in total. The van der Waals surface area contributed by atoms with Crippen LogP contribution in [-0.2, 0) is 10.0 Å². The van der Waals surface area contributed by atoms with Crippen molar-refractivity contribution >= 4 is 21.7 Å². The zero-order valence-electron chi connectivity index (χ0n) is 16.6. The monoisotopic (exact) mass is 406 g/mol. The van der Waals surface area contributed by atoms with Gasteiger partial charge in [0.2, 0.25) is 10.0 Å². The zero-order chi connectivity index (χ0) is 20.5. The summed E-state index contributed by atoms with van der Waals surface area (Å²) in [5, 5.41) is 6.69. The Balaban J connectivity index is 1.67. The number of sulfonamides is 1. The van der Waals surface area contributed by atoms with Crippen LogP contribution in [0.3, 0.4) is 0 Å². The van der Waals surface area contributed by atoms with Gasteiger partial charge in [0.1, 0.15) is 10.6 Å². The second-order valence-corrected chi connectivity index (χ2v) is 9.09. The normalized spacial score (nSPS) is 15.8. The predicted octanol–water partition coefficient (Wildman–Crippen LogP) is 2.95. The fourth-order valence-corrected chi connectivity index (χ4v) is 5.13. The molecule has 0 unspecified atom stereocenters. The van der Waals surface area contributed by atoms with Crippen LogP contribution in [0.5, 0.6) is 0 Å². The number of nitrogens with zero attached hydrogens (tertiary/aromatic N) is 3. The molecule has 0 spiro atoms. The van der Waals surface area contributed by atoms with Crippen molar-refractivity contribution < 1.29 is 17.7 Å². The lowest BCUT2D eigenvalue weighted by atomic mass is 10.0. The molecule has 1 aromatic heterocycles. The lowest BCUT2D eigenvalue weighted by Crippen LogP contribution is -2.51. The molecule has 0 radical (unpaired) electrons. The van der Waals surface area contributed by atoms with Crippen molar-refractivity contribution in [2.75, 3.05) is 31.5 Å². The Labute approximate surface area is 165 Å². The molecule has 3 rings (SSSR count). The summed E-state index contributed by atoms with van der Waals surface area (Å²) in [7, 11) is -3.69. The van der Waals surface area contributed by atoms with E-state index in [1.807, 2.05) is 24.3 Å². The van der Waals surface area contributed by atoms with Gasteiger partial charge in [-0.1, -0.05) is 37.2 Å². The van der Waals surface area contributed by atoms with E-state index in [2.05, 4.69) is 24.3 Å². The number of hydrogen-bond acceptors (Lipinski definition) is 5. The highest BCUT2D eigenvalue weighted by atomic mass is 32.2. The molecular formula is C19H26N4O4S. The molecule has 1 aliphatic rings. The first-order valence-electron chi connectivity index (χ1n) is 9.29. The fourth-order valence-electron chi connectivity index (χ4n) is 3.41. The molecule has 1 aliphatic heterocycles. The Bertz CT molecular complexity index is 941.